The van der Waals surface area contributed by atoms with E-state index in [-0.39, 0.29) is 23.5 Å². The molecule has 5 rings (SSSR count). The van der Waals surface area contributed by atoms with Crippen molar-refractivity contribution in [1.29, 1.82) is 0 Å². The second-order valence-electron chi connectivity index (χ2n) is 10.6. The number of hydrogen-bond donors (Lipinski definition) is 1. The molecule has 1 saturated carbocycles. The number of carboxylic acid groups (broad SMARTS) is 1. The quantitative estimate of drug-likeness (QED) is 0.363. The largest absolute Gasteiger partial charge is 0.489 e. The van der Waals surface area contributed by atoms with Gasteiger partial charge in [0.2, 0.25) is 5.88 Å². The van der Waals surface area contributed by atoms with Crippen LogP contribution in [0.15, 0.2) is 42.5 Å². The predicted octanol–water partition coefficient (Wildman–Crippen LogP) is 5.04. The molecule has 38 heavy (non-hydrogen) atoms. The second kappa shape index (κ2) is 10.1. The third-order valence-corrected chi connectivity index (χ3v) is 8.81. The van der Waals surface area contributed by atoms with Gasteiger partial charge < -0.3 is 14.6 Å². The first-order chi connectivity index (χ1) is 18.0. The summed E-state index contributed by atoms with van der Waals surface area (Å²) in [6, 6.07) is 14.1. The second-order valence-corrected chi connectivity index (χ2v) is 12.8. The lowest BCUT2D eigenvalue weighted by Crippen LogP contribution is -2.09. The number of carbonyl (C=O) groups is 1. The smallest absolute Gasteiger partial charge is 0.307 e. The number of ether oxygens (including phenoxy) is 2. The van der Waals surface area contributed by atoms with Gasteiger partial charge in [0.25, 0.3) is 0 Å². The predicted molar refractivity (Wildman–Crippen MR) is 146 cm³/mol. The Labute approximate surface area is 223 Å². The fourth-order valence-electron chi connectivity index (χ4n) is 5.86. The molecule has 1 fully saturated rings. The van der Waals surface area contributed by atoms with E-state index in [1.54, 1.807) is 0 Å². The van der Waals surface area contributed by atoms with E-state index >= 15 is 0 Å². The molecule has 0 aliphatic heterocycles. The highest BCUT2D eigenvalue weighted by molar-refractivity contribution is 7.90. The lowest BCUT2D eigenvalue weighted by atomic mass is 9.93. The molecule has 3 aromatic rings. The first-order valence-corrected chi connectivity index (χ1v) is 15.0. The van der Waals surface area contributed by atoms with Crippen molar-refractivity contribution in [3.63, 3.8) is 0 Å². The zero-order chi connectivity index (χ0) is 27.2. The van der Waals surface area contributed by atoms with Gasteiger partial charge in [-0.3, -0.25) is 4.79 Å². The Morgan fingerprint density at radius 1 is 1.11 bits per heavy atom. The monoisotopic (exact) mass is 535 g/mol. The molecule has 2 aliphatic carbocycles. The Morgan fingerprint density at radius 3 is 2.61 bits per heavy atom. The molecular formula is C30H33NO6S. The molecule has 1 aromatic heterocycles. The Morgan fingerprint density at radius 2 is 1.89 bits per heavy atom. The van der Waals surface area contributed by atoms with Crippen molar-refractivity contribution < 1.29 is 27.8 Å². The van der Waals surface area contributed by atoms with Gasteiger partial charge in [-0.15, -0.1) is 0 Å². The van der Waals surface area contributed by atoms with E-state index in [2.05, 4.69) is 30.1 Å². The summed E-state index contributed by atoms with van der Waals surface area (Å²) in [5, 5.41) is 9.34. The van der Waals surface area contributed by atoms with E-state index in [9.17, 15) is 18.3 Å². The van der Waals surface area contributed by atoms with E-state index in [0.717, 1.165) is 51.2 Å². The molecule has 8 heteroatoms. The molecule has 2 aliphatic rings. The number of aromatic nitrogens is 1. The molecule has 0 amide bonds. The fraction of sp³-hybridized carbons (Fsp3) is 0.400. The molecule has 2 aromatic carbocycles. The summed E-state index contributed by atoms with van der Waals surface area (Å²) in [6.07, 6.45) is 2.46. The maximum atomic E-state index is 11.4. The SMILES string of the molecule is Cc1cc(OCCCS(C)(=O)=O)nc(C)c1-c1cccc(COc2ccc3c(c2)CC2C(C(=O)O)C32)c1C. The molecule has 0 spiro atoms. The van der Waals surface area contributed by atoms with Crippen molar-refractivity contribution in [3.05, 3.63) is 76.0 Å². The summed E-state index contributed by atoms with van der Waals surface area (Å²) in [6.45, 7) is 6.80. The lowest BCUT2D eigenvalue weighted by Gasteiger charge is -2.17. The number of benzene rings is 2. The van der Waals surface area contributed by atoms with Crippen LogP contribution in [0.5, 0.6) is 11.6 Å². The minimum atomic E-state index is -3.01. The van der Waals surface area contributed by atoms with E-state index in [4.69, 9.17) is 9.47 Å². The van der Waals surface area contributed by atoms with Gasteiger partial charge in [0, 0.05) is 29.5 Å². The molecular weight excluding hydrogens is 502 g/mol. The van der Waals surface area contributed by atoms with Gasteiger partial charge in [-0.25, -0.2) is 13.4 Å². The first-order valence-electron chi connectivity index (χ1n) is 12.9. The van der Waals surface area contributed by atoms with Crippen LogP contribution >= 0.6 is 0 Å². The van der Waals surface area contributed by atoms with Crippen LogP contribution in [0.1, 0.15) is 45.8 Å². The van der Waals surface area contributed by atoms with Gasteiger partial charge in [0.15, 0.2) is 0 Å². The molecule has 0 bridgehead atoms. The summed E-state index contributed by atoms with van der Waals surface area (Å²) in [5.41, 5.74) is 8.59. The number of sulfone groups is 1. The highest BCUT2D eigenvalue weighted by atomic mass is 32.2. The zero-order valence-corrected chi connectivity index (χ0v) is 23.0. The summed E-state index contributed by atoms with van der Waals surface area (Å²) < 4.78 is 34.6. The number of carboxylic acids is 1. The average molecular weight is 536 g/mol. The van der Waals surface area contributed by atoms with E-state index in [1.165, 1.54) is 11.8 Å². The number of fused-ring (bicyclic) bond motifs is 3. The van der Waals surface area contributed by atoms with Gasteiger partial charge in [-0.2, -0.15) is 0 Å². The van der Waals surface area contributed by atoms with Crippen LogP contribution < -0.4 is 9.47 Å². The van der Waals surface area contributed by atoms with Gasteiger partial charge in [0.1, 0.15) is 22.2 Å². The van der Waals surface area contributed by atoms with Crippen LogP contribution in [0.25, 0.3) is 11.1 Å². The normalized spacial score (nSPS) is 19.5. The summed E-state index contributed by atoms with van der Waals surface area (Å²) >= 11 is 0. The van der Waals surface area contributed by atoms with Gasteiger partial charge in [0.05, 0.1) is 18.3 Å². The van der Waals surface area contributed by atoms with E-state index in [0.29, 0.717) is 25.5 Å². The van der Waals surface area contributed by atoms with E-state index < -0.39 is 15.8 Å². The minimum Gasteiger partial charge on any atom is -0.489 e. The standard InChI is InChI=1S/C30H33NO6S/c1-17-13-26(36-11-6-12-38(4,34)35)31-19(3)27(17)23-8-5-7-20(18(23)2)16-37-22-9-10-24-21(14-22)15-25-28(24)29(25)30(32)33/h5,7-10,13-14,25,28-29H,6,11-12,15-16H2,1-4H3,(H,32,33). The van der Waals surface area contributed by atoms with Gasteiger partial charge in [-0.05, 0) is 85.0 Å². The summed E-state index contributed by atoms with van der Waals surface area (Å²) in [4.78, 5) is 16.0. The summed E-state index contributed by atoms with van der Waals surface area (Å²) in [7, 11) is -3.01. The van der Waals surface area contributed by atoms with Crippen LogP contribution in [-0.4, -0.2) is 43.1 Å². The van der Waals surface area contributed by atoms with Gasteiger partial charge >= 0.3 is 5.97 Å². The van der Waals surface area contributed by atoms with Crippen molar-refractivity contribution in [3.8, 4) is 22.8 Å². The Hall–Kier alpha value is -3.39. The first kappa shape index (κ1) is 26.2. The number of rotatable bonds is 10. The summed E-state index contributed by atoms with van der Waals surface area (Å²) in [5.74, 6) is 0.886. The number of aryl methyl sites for hydroxylation is 2. The Bertz CT molecular complexity index is 1490. The highest BCUT2D eigenvalue weighted by Crippen LogP contribution is 2.61. The molecule has 3 unspecified atom stereocenters. The van der Waals surface area contributed by atoms with E-state index in [1.807, 2.05) is 38.1 Å². The zero-order valence-electron chi connectivity index (χ0n) is 22.2. The van der Waals surface area contributed by atoms with Crippen LogP contribution in [0, 0.1) is 32.6 Å². The minimum absolute atomic E-state index is 0.0921. The number of hydrogen-bond acceptors (Lipinski definition) is 6. The van der Waals surface area contributed by atoms with Crippen molar-refractivity contribution in [2.75, 3.05) is 18.6 Å². The number of aliphatic carboxylic acids is 1. The maximum absolute atomic E-state index is 11.4. The lowest BCUT2D eigenvalue weighted by molar-refractivity contribution is -0.139. The van der Waals surface area contributed by atoms with Crippen LogP contribution in [0.2, 0.25) is 0 Å². The van der Waals surface area contributed by atoms with Crippen LogP contribution in [0.4, 0.5) is 0 Å². The molecule has 0 saturated heterocycles. The highest BCUT2D eigenvalue weighted by Gasteiger charge is 2.59. The van der Waals surface area contributed by atoms with Crippen LogP contribution in [-0.2, 0) is 27.7 Å². The molecule has 1 heterocycles. The molecule has 3 atom stereocenters. The molecule has 0 radical (unpaired) electrons. The maximum Gasteiger partial charge on any atom is 0.307 e. The number of nitrogens with zero attached hydrogens (tertiary/aromatic N) is 1. The fourth-order valence-corrected chi connectivity index (χ4v) is 6.51. The topological polar surface area (TPSA) is 103 Å². The molecule has 200 valence electrons. The molecule has 1 N–H and O–H groups in total. The Kier molecular flexibility index (Phi) is 6.94. The van der Waals surface area contributed by atoms with Crippen molar-refractivity contribution in [2.45, 2.75) is 46.1 Å². The third kappa shape index (κ3) is 5.27. The molecule has 7 nitrogen and oxygen atoms in total. The van der Waals surface area contributed by atoms with Gasteiger partial charge in [-0.1, -0.05) is 24.3 Å². The third-order valence-electron chi connectivity index (χ3n) is 7.78. The van der Waals surface area contributed by atoms with Crippen molar-refractivity contribution in [2.24, 2.45) is 11.8 Å². The van der Waals surface area contributed by atoms with Crippen LogP contribution in [0.3, 0.4) is 0 Å². The average Bonchev–Trinajstić information content (AvgIpc) is 3.43. The number of pyridine rings is 1. The Balaban J connectivity index is 1.27. The van der Waals surface area contributed by atoms with Crippen molar-refractivity contribution >= 4 is 15.8 Å². The van der Waals surface area contributed by atoms with Crippen molar-refractivity contribution in [1.82, 2.24) is 4.98 Å².